The average molecular weight is 531 g/mol. The lowest BCUT2D eigenvalue weighted by atomic mass is 9.63. The van der Waals surface area contributed by atoms with Crippen LogP contribution in [0.15, 0.2) is 101 Å². The van der Waals surface area contributed by atoms with Crippen LogP contribution in [0.3, 0.4) is 0 Å². The molecule has 4 aromatic rings. The molecular formula is C30H30N2O7. The minimum absolute atomic E-state index is 0.0242. The fourth-order valence-corrected chi connectivity index (χ4v) is 5.62. The van der Waals surface area contributed by atoms with E-state index in [2.05, 4.69) is 4.98 Å². The zero-order valence-electron chi connectivity index (χ0n) is 21.6. The first-order valence-electron chi connectivity index (χ1n) is 12.6. The SMILES string of the molecule is COc1ccccc1C(c1ccccc1)(c1ccccc1OC)C(O)[C@H]1O[C@@H](n2ccc(=O)[nH]c2=O)C[C@@H]1O. The standard InChI is InChI=1S/C30H30N2O7/c1-37-23-14-8-6-12-20(23)30(19-10-4-3-5-11-19,21-13-7-9-15-24(21)38-2)28(35)27-22(33)18-26(39-27)32-17-16-25(34)31-29(32)36/h3-17,22,26-28,33,35H,18H2,1-2H3,(H,31,34,36)/t22-,26+,27-,28?/m0/s1. The van der Waals surface area contributed by atoms with Gasteiger partial charge in [0, 0.05) is 29.8 Å². The molecule has 1 fully saturated rings. The molecule has 0 amide bonds. The van der Waals surface area contributed by atoms with Crippen molar-refractivity contribution < 1.29 is 24.4 Å². The summed E-state index contributed by atoms with van der Waals surface area (Å²) in [5, 5.41) is 23.7. The molecule has 1 saturated heterocycles. The molecule has 39 heavy (non-hydrogen) atoms. The molecule has 1 aromatic heterocycles. The van der Waals surface area contributed by atoms with Gasteiger partial charge in [-0.25, -0.2) is 4.79 Å². The summed E-state index contributed by atoms with van der Waals surface area (Å²) in [5.41, 5.74) is -0.559. The van der Waals surface area contributed by atoms with Crippen molar-refractivity contribution in [3.8, 4) is 11.5 Å². The number of methoxy groups -OCH3 is 2. The van der Waals surface area contributed by atoms with E-state index in [1.807, 2.05) is 78.9 Å². The van der Waals surface area contributed by atoms with E-state index < -0.39 is 41.2 Å². The summed E-state index contributed by atoms with van der Waals surface area (Å²) in [6, 6.07) is 25.4. The summed E-state index contributed by atoms with van der Waals surface area (Å²) < 4.78 is 19.0. The van der Waals surface area contributed by atoms with Gasteiger partial charge in [0.15, 0.2) is 0 Å². The number of aliphatic hydroxyl groups is 2. The van der Waals surface area contributed by atoms with E-state index in [9.17, 15) is 19.8 Å². The highest BCUT2D eigenvalue weighted by atomic mass is 16.5. The molecule has 9 heteroatoms. The summed E-state index contributed by atoms with van der Waals surface area (Å²) in [6.07, 6.45) is -3.23. The van der Waals surface area contributed by atoms with Gasteiger partial charge in [0.25, 0.3) is 5.56 Å². The number of para-hydroxylation sites is 2. The fourth-order valence-electron chi connectivity index (χ4n) is 5.62. The molecule has 9 nitrogen and oxygen atoms in total. The minimum atomic E-state index is -1.38. The highest BCUT2D eigenvalue weighted by Gasteiger charge is 2.54. The molecule has 3 N–H and O–H groups in total. The first kappa shape index (κ1) is 26.4. The van der Waals surface area contributed by atoms with Gasteiger partial charge in [0.1, 0.15) is 29.9 Å². The summed E-state index contributed by atoms with van der Waals surface area (Å²) in [7, 11) is 3.12. The molecule has 202 valence electrons. The Bertz CT molecular complexity index is 1500. The van der Waals surface area contributed by atoms with Crippen molar-refractivity contribution in [3.63, 3.8) is 0 Å². The Morgan fingerprint density at radius 2 is 1.46 bits per heavy atom. The normalized spacial score (nSPS) is 19.9. The summed E-state index contributed by atoms with van der Waals surface area (Å²) >= 11 is 0. The topological polar surface area (TPSA) is 123 Å². The van der Waals surface area contributed by atoms with Crippen LogP contribution in [0.25, 0.3) is 0 Å². The lowest BCUT2D eigenvalue weighted by Crippen LogP contribution is -2.51. The van der Waals surface area contributed by atoms with Crippen molar-refractivity contribution in [2.24, 2.45) is 0 Å². The summed E-state index contributed by atoms with van der Waals surface area (Å²) in [6.45, 7) is 0. The molecule has 0 radical (unpaired) electrons. The molecule has 2 heterocycles. The average Bonchev–Trinajstić information content (AvgIpc) is 3.35. The van der Waals surface area contributed by atoms with Crippen molar-refractivity contribution in [1.82, 2.24) is 9.55 Å². The van der Waals surface area contributed by atoms with Crippen molar-refractivity contribution in [3.05, 3.63) is 129 Å². The molecule has 3 aromatic carbocycles. The first-order valence-corrected chi connectivity index (χ1v) is 12.6. The smallest absolute Gasteiger partial charge is 0.330 e. The highest BCUT2D eigenvalue weighted by molar-refractivity contribution is 5.60. The largest absolute Gasteiger partial charge is 0.496 e. The van der Waals surface area contributed by atoms with E-state index >= 15 is 0 Å². The molecule has 1 aliphatic rings. The molecule has 0 aliphatic carbocycles. The number of benzene rings is 3. The third-order valence-corrected chi connectivity index (χ3v) is 7.35. The number of nitrogens with zero attached hydrogens (tertiary/aromatic N) is 1. The van der Waals surface area contributed by atoms with Crippen LogP contribution in [-0.2, 0) is 10.2 Å². The fraction of sp³-hybridized carbons (Fsp3) is 0.267. The van der Waals surface area contributed by atoms with Gasteiger partial charge in [-0.2, -0.15) is 0 Å². The lowest BCUT2D eigenvalue weighted by Gasteiger charge is -2.43. The van der Waals surface area contributed by atoms with Gasteiger partial charge >= 0.3 is 5.69 Å². The van der Waals surface area contributed by atoms with Crippen LogP contribution in [-0.4, -0.2) is 52.3 Å². The van der Waals surface area contributed by atoms with E-state index in [4.69, 9.17) is 14.2 Å². The number of hydrogen-bond donors (Lipinski definition) is 3. The molecule has 1 unspecified atom stereocenters. The maximum Gasteiger partial charge on any atom is 0.330 e. The van der Waals surface area contributed by atoms with Crippen molar-refractivity contribution in [2.75, 3.05) is 14.2 Å². The van der Waals surface area contributed by atoms with Gasteiger partial charge in [-0.3, -0.25) is 14.3 Å². The van der Waals surface area contributed by atoms with Gasteiger partial charge < -0.3 is 24.4 Å². The minimum Gasteiger partial charge on any atom is -0.496 e. The maximum atomic E-state index is 12.5. The molecular weight excluding hydrogens is 500 g/mol. The second kappa shape index (κ2) is 10.9. The van der Waals surface area contributed by atoms with E-state index in [1.54, 1.807) is 14.2 Å². The van der Waals surface area contributed by atoms with E-state index in [1.165, 1.54) is 16.8 Å². The quantitative estimate of drug-likeness (QED) is 0.299. The Morgan fingerprint density at radius 1 is 0.897 bits per heavy atom. The van der Waals surface area contributed by atoms with E-state index in [0.717, 1.165) is 0 Å². The highest BCUT2D eigenvalue weighted by Crippen LogP contribution is 2.51. The Balaban J connectivity index is 1.75. The molecule has 0 saturated carbocycles. The number of hydrogen-bond acceptors (Lipinski definition) is 7. The molecule has 5 rings (SSSR count). The number of nitrogens with one attached hydrogen (secondary N) is 1. The summed E-state index contributed by atoms with van der Waals surface area (Å²) in [5.74, 6) is 1.04. The van der Waals surface area contributed by atoms with Crippen LogP contribution < -0.4 is 20.7 Å². The predicted octanol–water partition coefficient (Wildman–Crippen LogP) is 2.60. The number of ether oxygens (including phenoxy) is 3. The van der Waals surface area contributed by atoms with Crippen molar-refractivity contribution in [1.29, 1.82) is 0 Å². The Kier molecular flexibility index (Phi) is 7.38. The van der Waals surface area contributed by atoms with Crippen molar-refractivity contribution in [2.45, 2.75) is 36.4 Å². The maximum absolute atomic E-state index is 12.5. The molecule has 0 spiro atoms. The van der Waals surface area contributed by atoms with Crippen LogP contribution in [0, 0.1) is 0 Å². The Hall–Kier alpha value is -4.18. The van der Waals surface area contributed by atoms with Gasteiger partial charge in [-0.1, -0.05) is 66.7 Å². The number of H-pyrrole nitrogens is 1. The number of aromatic nitrogens is 2. The Labute approximate surface area is 224 Å². The van der Waals surface area contributed by atoms with Crippen LogP contribution in [0.2, 0.25) is 0 Å². The van der Waals surface area contributed by atoms with Crippen LogP contribution in [0.4, 0.5) is 0 Å². The van der Waals surface area contributed by atoms with Gasteiger partial charge in [-0.15, -0.1) is 0 Å². The van der Waals surface area contributed by atoms with Gasteiger partial charge in [0.2, 0.25) is 0 Å². The first-order chi connectivity index (χ1) is 18.9. The van der Waals surface area contributed by atoms with Gasteiger partial charge in [-0.05, 0) is 17.7 Å². The molecule has 0 bridgehead atoms. The Morgan fingerprint density at radius 3 is 2.03 bits per heavy atom. The van der Waals surface area contributed by atoms with Crippen LogP contribution >= 0.6 is 0 Å². The third kappa shape index (κ3) is 4.54. The second-order valence-electron chi connectivity index (χ2n) is 9.40. The number of rotatable bonds is 8. The van der Waals surface area contributed by atoms with Gasteiger partial charge in [0.05, 0.1) is 25.7 Å². The van der Waals surface area contributed by atoms with Crippen LogP contribution in [0.5, 0.6) is 11.5 Å². The number of aliphatic hydroxyl groups excluding tert-OH is 2. The van der Waals surface area contributed by atoms with Crippen molar-refractivity contribution >= 4 is 0 Å². The lowest BCUT2D eigenvalue weighted by molar-refractivity contribution is -0.0980. The summed E-state index contributed by atoms with van der Waals surface area (Å²) in [4.78, 5) is 26.3. The second-order valence-corrected chi connectivity index (χ2v) is 9.40. The zero-order valence-corrected chi connectivity index (χ0v) is 21.6. The monoisotopic (exact) mass is 530 g/mol. The third-order valence-electron chi connectivity index (χ3n) is 7.35. The molecule has 1 aliphatic heterocycles. The predicted molar refractivity (Wildman–Crippen MR) is 144 cm³/mol. The van der Waals surface area contributed by atoms with Crippen LogP contribution in [0.1, 0.15) is 29.3 Å². The molecule has 4 atom stereocenters. The zero-order chi connectivity index (χ0) is 27.6. The number of aromatic amines is 1. The van der Waals surface area contributed by atoms with E-state index in [0.29, 0.717) is 28.2 Å². The van der Waals surface area contributed by atoms with E-state index in [-0.39, 0.29) is 6.42 Å².